The van der Waals surface area contributed by atoms with Gasteiger partial charge in [-0.05, 0) is 30.3 Å². The number of halogens is 2. The van der Waals surface area contributed by atoms with E-state index in [0.717, 1.165) is 4.90 Å². The molecule has 3 heterocycles. The molecular formula is C22H14F2N4O2. The van der Waals surface area contributed by atoms with Gasteiger partial charge in [0.2, 0.25) is 0 Å². The molecule has 0 saturated carbocycles. The Kier molecular flexibility index (Phi) is 3.28. The average molecular weight is 407 g/mol. The summed E-state index contributed by atoms with van der Waals surface area (Å²) in [6.07, 6.45) is 0.132. The Labute approximate surface area is 174 Å². The second-order valence-corrected chi connectivity index (χ2v) is 6.94. The van der Waals surface area contributed by atoms with Crippen LogP contribution in [0.4, 0.5) is 8.78 Å². The van der Waals surface area contributed by atoms with Crippen LogP contribution in [0.25, 0.3) is 11.0 Å². The molecule has 2 atom stereocenters. The number of nitrogens with zero attached hydrogens (tertiary/aromatic N) is 4. The van der Waals surface area contributed by atoms with Gasteiger partial charge in [0.1, 0.15) is 11.6 Å². The Hall–Kier alpha value is -3.91. The van der Waals surface area contributed by atoms with Crippen LogP contribution in [0.2, 0.25) is 0 Å². The number of hydrogen-bond donors (Lipinski definition) is 0. The molecule has 30 heavy (non-hydrogen) atoms. The maximum atomic E-state index is 13.3. The zero-order valence-electron chi connectivity index (χ0n) is 18.3. The summed E-state index contributed by atoms with van der Waals surface area (Å²) in [5, 5.41) is 8.75. The van der Waals surface area contributed by atoms with Crippen molar-refractivity contribution in [3.05, 3.63) is 58.9 Å². The number of alkyl halides is 2. The summed E-state index contributed by atoms with van der Waals surface area (Å²) < 4.78 is 56.9. The number of imidazole rings is 1. The molecule has 3 aromatic rings. The summed E-state index contributed by atoms with van der Waals surface area (Å²) in [6.45, 7) is -5.91. The fourth-order valence-electron chi connectivity index (χ4n) is 4.29. The molecule has 0 saturated heterocycles. The molecule has 2 aliphatic heterocycles. The number of benzene rings is 2. The molecule has 5 rings (SSSR count). The lowest BCUT2D eigenvalue weighted by atomic mass is 9.97. The Bertz CT molecular complexity index is 1420. The van der Waals surface area contributed by atoms with Gasteiger partial charge in [-0.25, -0.2) is 4.98 Å². The lowest BCUT2D eigenvalue weighted by Gasteiger charge is -2.24. The minimum atomic E-state index is -3.13. The van der Waals surface area contributed by atoms with Crippen LogP contribution in [0.15, 0.2) is 36.4 Å². The van der Waals surface area contributed by atoms with Crippen LogP contribution in [-0.2, 0) is 0 Å². The highest BCUT2D eigenvalue weighted by Crippen LogP contribution is 2.49. The van der Waals surface area contributed by atoms with Crippen LogP contribution < -0.4 is 4.74 Å². The van der Waals surface area contributed by atoms with Crippen molar-refractivity contribution in [2.45, 2.75) is 25.1 Å². The van der Waals surface area contributed by atoms with Crippen molar-refractivity contribution in [1.29, 1.82) is 5.26 Å². The van der Waals surface area contributed by atoms with Crippen LogP contribution >= 0.6 is 0 Å². The van der Waals surface area contributed by atoms with E-state index in [0.29, 0.717) is 22.4 Å². The number of fused-ring (bicyclic) bond motifs is 9. The minimum Gasteiger partial charge on any atom is -0.434 e. The van der Waals surface area contributed by atoms with Crippen molar-refractivity contribution in [3.8, 4) is 23.7 Å². The van der Waals surface area contributed by atoms with E-state index in [4.69, 9.17) is 14.1 Å². The van der Waals surface area contributed by atoms with E-state index < -0.39 is 31.6 Å². The van der Waals surface area contributed by atoms with E-state index in [1.165, 1.54) is 18.2 Å². The maximum Gasteiger partial charge on any atom is 0.387 e. The van der Waals surface area contributed by atoms with Crippen LogP contribution in [0.5, 0.6) is 5.75 Å². The summed E-state index contributed by atoms with van der Waals surface area (Å²) in [7, 11) is 0. The third-order valence-corrected chi connectivity index (χ3v) is 5.41. The first-order valence-electron chi connectivity index (χ1n) is 10.5. The first kappa shape index (κ1) is 15.0. The number of carbonyl (C=O) groups excluding carboxylic acids is 1. The molecule has 1 amide bonds. The van der Waals surface area contributed by atoms with E-state index in [-0.39, 0.29) is 23.3 Å². The predicted octanol–water partition coefficient (Wildman–Crippen LogP) is 3.63. The molecule has 2 bridgehead atoms. The monoisotopic (exact) mass is 407 g/mol. The zero-order chi connectivity index (χ0) is 23.5. The maximum absolute atomic E-state index is 13.3. The van der Waals surface area contributed by atoms with E-state index in [1.807, 2.05) is 0 Å². The Morgan fingerprint density at radius 2 is 2.20 bits per heavy atom. The van der Waals surface area contributed by atoms with Gasteiger partial charge in [0.05, 0.1) is 23.1 Å². The fourth-order valence-corrected chi connectivity index (χ4v) is 4.29. The molecule has 0 spiro atoms. The van der Waals surface area contributed by atoms with Gasteiger partial charge in [-0.3, -0.25) is 4.79 Å². The van der Waals surface area contributed by atoms with E-state index in [2.05, 4.69) is 16.8 Å². The van der Waals surface area contributed by atoms with Gasteiger partial charge in [0.15, 0.2) is 6.07 Å². The molecule has 0 fully saturated rings. The SMILES string of the molecule is [2H]C([2H])([2H])N1C(=O)c2cccc(OC(F)F)c2[C@H]2C[C@@H]1c1nc3ccc(C#CC#N)cc3n12. The van der Waals surface area contributed by atoms with Crippen molar-refractivity contribution in [2.75, 3.05) is 6.98 Å². The number of hydrogen-bond acceptors (Lipinski definition) is 4. The molecule has 8 heteroatoms. The van der Waals surface area contributed by atoms with Gasteiger partial charge in [-0.15, -0.1) is 0 Å². The Morgan fingerprint density at radius 3 is 2.97 bits per heavy atom. The third-order valence-electron chi connectivity index (χ3n) is 5.41. The lowest BCUT2D eigenvalue weighted by Crippen LogP contribution is -2.30. The highest BCUT2D eigenvalue weighted by atomic mass is 19.3. The number of ether oxygens (including phenoxy) is 1. The van der Waals surface area contributed by atoms with Gasteiger partial charge in [0, 0.05) is 40.1 Å². The smallest absolute Gasteiger partial charge is 0.387 e. The molecule has 2 aromatic carbocycles. The number of aromatic nitrogens is 2. The molecule has 0 N–H and O–H groups in total. The van der Waals surface area contributed by atoms with Gasteiger partial charge in [-0.1, -0.05) is 12.0 Å². The predicted molar refractivity (Wildman–Crippen MR) is 103 cm³/mol. The van der Waals surface area contributed by atoms with Crippen LogP contribution in [0.1, 0.15) is 49.9 Å². The van der Waals surface area contributed by atoms with Crippen molar-refractivity contribution >= 4 is 16.9 Å². The Morgan fingerprint density at radius 1 is 1.33 bits per heavy atom. The highest BCUT2D eigenvalue weighted by molar-refractivity contribution is 5.97. The lowest BCUT2D eigenvalue weighted by molar-refractivity contribution is -0.0507. The number of nitriles is 1. The highest BCUT2D eigenvalue weighted by Gasteiger charge is 2.44. The molecule has 0 unspecified atom stereocenters. The molecule has 0 radical (unpaired) electrons. The summed E-state index contributed by atoms with van der Waals surface area (Å²) >= 11 is 0. The summed E-state index contributed by atoms with van der Waals surface area (Å²) in [6, 6.07) is 9.35. The van der Waals surface area contributed by atoms with Gasteiger partial charge >= 0.3 is 6.61 Å². The van der Waals surface area contributed by atoms with Crippen molar-refractivity contribution < 1.29 is 22.4 Å². The molecule has 6 nitrogen and oxygen atoms in total. The minimum absolute atomic E-state index is 0.00954. The number of rotatable bonds is 2. The summed E-state index contributed by atoms with van der Waals surface area (Å²) in [4.78, 5) is 18.7. The average Bonchev–Trinajstić information content (AvgIpc) is 3.24. The molecule has 0 aliphatic carbocycles. The second kappa shape index (κ2) is 6.57. The van der Waals surface area contributed by atoms with E-state index >= 15 is 0 Å². The molecule has 2 aliphatic rings. The van der Waals surface area contributed by atoms with Crippen LogP contribution in [0, 0.1) is 23.2 Å². The van der Waals surface area contributed by atoms with Crippen molar-refractivity contribution in [3.63, 3.8) is 0 Å². The zero-order valence-corrected chi connectivity index (χ0v) is 15.3. The first-order chi connectivity index (χ1) is 15.7. The van der Waals surface area contributed by atoms with Crippen molar-refractivity contribution in [1.82, 2.24) is 14.5 Å². The molecule has 148 valence electrons. The summed E-state index contributed by atoms with van der Waals surface area (Å²) in [5.74, 6) is 4.37. The van der Waals surface area contributed by atoms with E-state index in [9.17, 15) is 13.6 Å². The molecule has 1 aromatic heterocycles. The Balaban J connectivity index is 1.82. The van der Waals surface area contributed by atoms with Gasteiger partial charge in [-0.2, -0.15) is 14.0 Å². The normalized spacial score (nSPS) is 20.9. The quantitative estimate of drug-likeness (QED) is 0.608. The van der Waals surface area contributed by atoms with E-state index in [1.54, 1.807) is 28.8 Å². The first-order valence-corrected chi connectivity index (χ1v) is 9.04. The summed E-state index contributed by atoms with van der Waals surface area (Å²) in [5.41, 5.74) is 1.82. The fraction of sp³-hybridized carbons (Fsp3) is 0.227. The topological polar surface area (TPSA) is 71.2 Å². The number of carbonyl (C=O) groups is 1. The second-order valence-electron chi connectivity index (χ2n) is 6.94. The van der Waals surface area contributed by atoms with Gasteiger partial charge < -0.3 is 14.2 Å². The van der Waals surface area contributed by atoms with Crippen LogP contribution in [0.3, 0.4) is 0 Å². The number of amides is 1. The third kappa shape index (κ3) is 2.54. The molecular weight excluding hydrogens is 390 g/mol. The standard InChI is InChI=1S/C22H14F2N4O2/c1-27-17-11-16(19-13(21(27)29)5-2-6-18(19)30-22(23)24)28-15-10-12(4-3-9-25)7-8-14(15)26-20(17)28/h2,5-8,10,16-17,22H,11H2,1H3/t16-,17-/m1/s1/i1D3. The van der Waals surface area contributed by atoms with Gasteiger partial charge in [0.25, 0.3) is 5.91 Å². The van der Waals surface area contributed by atoms with Crippen molar-refractivity contribution in [2.24, 2.45) is 0 Å². The van der Waals surface area contributed by atoms with Crippen LogP contribution in [-0.4, -0.2) is 33.9 Å². The largest absolute Gasteiger partial charge is 0.434 e.